The van der Waals surface area contributed by atoms with Crippen LogP contribution in [-0.4, -0.2) is 29.7 Å². The predicted octanol–water partition coefficient (Wildman–Crippen LogP) is 4.12. The summed E-state index contributed by atoms with van der Waals surface area (Å²) in [5.74, 6) is 7.00. The van der Waals surface area contributed by atoms with Crippen LogP contribution in [0.3, 0.4) is 0 Å². The fourth-order valence-electron chi connectivity index (χ4n) is 6.72. The van der Waals surface area contributed by atoms with Crippen molar-refractivity contribution in [2.45, 2.75) is 76.6 Å². The first-order valence-corrected chi connectivity index (χ1v) is 10.4. The molecule has 140 valence electrons. The summed E-state index contributed by atoms with van der Waals surface area (Å²) in [6, 6.07) is 0. The minimum absolute atomic E-state index is 0.101. The molecule has 3 heteroatoms. The first-order chi connectivity index (χ1) is 12.5. The molecule has 1 aliphatic heterocycles. The minimum atomic E-state index is -0.814. The molecule has 0 aromatic heterocycles. The predicted molar refractivity (Wildman–Crippen MR) is 100 cm³/mol. The van der Waals surface area contributed by atoms with Gasteiger partial charge in [0.25, 0.3) is 0 Å². The highest BCUT2D eigenvalue weighted by molar-refractivity contribution is 5.45. The van der Waals surface area contributed by atoms with Crippen LogP contribution in [0.1, 0.15) is 65.2 Å². The van der Waals surface area contributed by atoms with Crippen LogP contribution in [0, 0.1) is 29.1 Å². The maximum absolute atomic E-state index is 11.3. The van der Waals surface area contributed by atoms with Crippen LogP contribution in [0.2, 0.25) is 0 Å². The van der Waals surface area contributed by atoms with Gasteiger partial charge in [-0.2, -0.15) is 0 Å². The van der Waals surface area contributed by atoms with E-state index in [0.717, 1.165) is 58.2 Å². The molecular formula is C23H30O3. The molecule has 4 aliphatic carbocycles. The topological polar surface area (TPSA) is 38.7 Å². The van der Waals surface area contributed by atoms with Crippen molar-refractivity contribution < 1.29 is 14.6 Å². The Morgan fingerprint density at radius 1 is 1.15 bits per heavy atom. The number of rotatable bonds is 0. The first-order valence-electron chi connectivity index (χ1n) is 10.4. The van der Waals surface area contributed by atoms with Gasteiger partial charge in [0.15, 0.2) is 5.79 Å². The van der Waals surface area contributed by atoms with Crippen molar-refractivity contribution in [3.8, 4) is 11.8 Å². The van der Waals surface area contributed by atoms with E-state index in [-0.39, 0.29) is 11.2 Å². The lowest BCUT2D eigenvalue weighted by Crippen LogP contribution is -2.48. The van der Waals surface area contributed by atoms with Crippen LogP contribution in [-0.2, 0) is 9.47 Å². The van der Waals surface area contributed by atoms with Crippen molar-refractivity contribution in [2.75, 3.05) is 13.2 Å². The Hall–Kier alpha value is -1.08. The fraction of sp³-hybridized carbons (Fsp3) is 0.739. The molecule has 4 atom stereocenters. The van der Waals surface area contributed by atoms with Gasteiger partial charge in [-0.25, -0.2) is 0 Å². The molecule has 3 unspecified atom stereocenters. The van der Waals surface area contributed by atoms with Crippen molar-refractivity contribution in [3.63, 3.8) is 0 Å². The van der Waals surface area contributed by atoms with Crippen LogP contribution in [0.25, 0.3) is 0 Å². The number of aliphatic hydroxyl groups is 1. The quantitative estimate of drug-likeness (QED) is 0.665. The summed E-state index contributed by atoms with van der Waals surface area (Å²) >= 11 is 0. The number of hydrogen-bond acceptors (Lipinski definition) is 3. The Labute approximate surface area is 156 Å². The zero-order valence-electron chi connectivity index (χ0n) is 16.1. The lowest BCUT2D eigenvalue weighted by Gasteiger charge is -2.50. The van der Waals surface area contributed by atoms with Gasteiger partial charge >= 0.3 is 0 Å². The lowest BCUT2D eigenvalue weighted by atomic mass is 9.56. The Morgan fingerprint density at radius 3 is 2.73 bits per heavy atom. The molecule has 26 heavy (non-hydrogen) atoms. The molecule has 3 nitrogen and oxygen atoms in total. The maximum atomic E-state index is 11.3. The minimum Gasteiger partial charge on any atom is -0.377 e. The Bertz CT molecular complexity index is 745. The van der Waals surface area contributed by atoms with Crippen LogP contribution < -0.4 is 0 Å². The zero-order valence-corrected chi connectivity index (χ0v) is 16.1. The first kappa shape index (κ1) is 17.0. The van der Waals surface area contributed by atoms with Gasteiger partial charge in [-0.1, -0.05) is 24.5 Å². The second-order valence-electron chi connectivity index (χ2n) is 9.17. The molecule has 1 saturated carbocycles. The third-order valence-corrected chi connectivity index (χ3v) is 8.13. The molecule has 0 aromatic carbocycles. The molecule has 1 heterocycles. The molecule has 0 aromatic rings. The highest BCUT2D eigenvalue weighted by Gasteiger charge is 2.60. The summed E-state index contributed by atoms with van der Waals surface area (Å²) < 4.78 is 12.0. The van der Waals surface area contributed by atoms with Gasteiger partial charge in [-0.15, -0.1) is 5.92 Å². The molecule has 5 rings (SSSR count). The van der Waals surface area contributed by atoms with E-state index < -0.39 is 5.60 Å². The Morgan fingerprint density at radius 2 is 1.96 bits per heavy atom. The van der Waals surface area contributed by atoms with E-state index in [4.69, 9.17) is 9.47 Å². The van der Waals surface area contributed by atoms with E-state index in [0.29, 0.717) is 11.8 Å². The molecular weight excluding hydrogens is 324 g/mol. The SMILES string of the molecule is CC#C[C@]1(O)CCC2C3CCC4=C(CCC5(C4)OCCO5)C3=CCC21C. The van der Waals surface area contributed by atoms with E-state index in [2.05, 4.69) is 24.8 Å². The third-order valence-electron chi connectivity index (χ3n) is 8.13. The second kappa shape index (κ2) is 5.71. The third kappa shape index (κ3) is 2.19. The van der Waals surface area contributed by atoms with E-state index in [9.17, 15) is 5.11 Å². The summed E-state index contributed by atoms with van der Waals surface area (Å²) in [5, 5.41) is 11.3. The number of allylic oxidation sites excluding steroid dienone is 3. The van der Waals surface area contributed by atoms with Crippen LogP contribution in [0.4, 0.5) is 0 Å². The lowest BCUT2D eigenvalue weighted by molar-refractivity contribution is -0.164. The maximum Gasteiger partial charge on any atom is 0.172 e. The van der Waals surface area contributed by atoms with Gasteiger partial charge in [0.05, 0.1) is 13.2 Å². The Kier molecular flexibility index (Phi) is 3.74. The van der Waals surface area contributed by atoms with Gasteiger partial charge in [0, 0.05) is 18.3 Å². The van der Waals surface area contributed by atoms with E-state index in [1.807, 2.05) is 6.92 Å². The van der Waals surface area contributed by atoms with Gasteiger partial charge in [-0.3, -0.25) is 0 Å². The summed E-state index contributed by atoms with van der Waals surface area (Å²) in [5.41, 5.74) is 3.85. The Balaban J connectivity index is 1.48. The van der Waals surface area contributed by atoms with Crippen molar-refractivity contribution in [3.05, 3.63) is 22.8 Å². The van der Waals surface area contributed by atoms with E-state index in [1.165, 1.54) is 6.42 Å². The van der Waals surface area contributed by atoms with Gasteiger partial charge in [0.2, 0.25) is 0 Å². The number of hydrogen-bond donors (Lipinski definition) is 1. The molecule has 0 amide bonds. The standard InChI is InChI=1S/C23H30O3/c1-3-9-22(24)11-8-20-19-5-4-16-15-23(25-13-14-26-23)12-7-17(16)18(19)6-10-21(20,22)2/h6,19-20,24H,4-5,7-8,10-15H2,1-2H3/t19?,20?,21?,22-/m0/s1. The summed E-state index contributed by atoms with van der Waals surface area (Å²) in [4.78, 5) is 0. The normalized spacial score (nSPS) is 43.3. The van der Waals surface area contributed by atoms with Gasteiger partial charge < -0.3 is 14.6 Å². The van der Waals surface area contributed by atoms with E-state index >= 15 is 0 Å². The summed E-state index contributed by atoms with van der Waals surface area (Å²) in [7, 11) is 0. The van der Waals surface area contributed by atoms with Crippen LogP contribution in [0.15, 0.2) is 22.8 Å². The molecule has 5 aliphatic rings. The monoisotopic (exact) mass is 354 g/mol. The van der Waals surface area contributed by atoms with Crippen molar-refractivity contribution in [1.82, 2.24) is 0 Å². The fourth-order valence-corrected chi connectivity index (χ4v) is 6.72. The molecule has 0 bridgehead atoms. The van der Waals surface area contributed by atoms with Crippen LogP contribution >= 0.6 is 0 Å². The van der Waals surface area contributed by atoms with Crippen LogP contribution in [0.5, 0.6) is 0 Å². The van der Waals surface area contributed by atoms with Crippen molar-refractivity contribution in [2.24, 2.45) is 17.3 Å². The van der Waals surface area contributed by atoms with Gasteiger partial charge in [-0.05, 0) is 68.4 Å². The zero-order chi connectivity index (χ0) is 18.0. The molecule has 2 fully saturated rings. The average Bonchev–Trinajstić information content (AvgIpc) is 3.18. The largest absolute Gasteiger partial charge is 0.377 e. The van der Waals surface area contributed by atoms with Crippen molar-refractivity contribution >= 4 is 0 Å². The molecule has 1 spiro atoms. The number of ether oxygens (including phenoxy) is 2. The smallest absolute Gasteiger partial charge is 0.172 e. The highest BCUT2D eigenvalue weighted by Crippen LogP contribution is 2.62. The highest BCUT2D eigenvalue weighted by atomic mass is 16.7. The molecule has 1 N–H and O–H groups in total. The molecule has 0 radical (unpaired) electrons. The summed E-state index contributed by atoms with van der Waals surface area (Å²) in [6.07, 6.45) is 10.7. The van der Waals surface area contributed by atoms with Gasteiger partial charge in [0.1, 0.15) is 5.60 Å². The van der Waals surface area contributed by atoms with Crippen molar-refractivity contribution in [1.29, 1.82) is 0 Å². The molecule has 1 saturated heterocycles. The van der Waals surface area contributed by atoms with E-state index in [1.54, 1.807) is 16.7 Å². The number of fused-ring (bicyclic) bond motifs is 4. The second-order valence-corrected chi connectivity index (χ2v) is 9.17. The summed E-state index contributed by atoms with van der Waals surface area (Å²) in [6.45, 7) is 5.61. The average molecular weight is 354 g/mol.